The van der Waals surface area contributed by atoms with Crippen LogP contribution in [-0.2, 0) is 6.54 Å². The first-order chi connectivity index (χ1) is 9.97. The van der Waals surface area contributed by atoms with E-state index in [-0.39, 0.29) is 6.54 Å². The van der Waals surface area contributed by atoms with Gasteiger partial charge in [0.1, 0.15) is 11.5 Å². The molecule has 0 aliphatic heterocycles. The maximum Gasteiger partial charge on any atom is 0.329 e. The molecule has 0 aliphatic rings. The van der Waals surface area contributed by atoms with Gasteiger partial charge in [-0.1, -0.05) is 11.6 Å². The van der Waals surface area contributed by atoms with Crippen molar-refractivity contribution >= 4 is 11.6 Å². The number of nitrogens with zero attached hydrogens (tertiary/aromatic N) is 1. The van der Waals surface area contributed by atoms with Crippen molar-refractivity contribution in [3.05, 3.63) is 55.6 Å². The van der Waals surface area contributed by atoms with Crippen LogP contribution in [0.3, 0.4) is 0 Å². The van der Waals surface area contributed by atoms with E-state index >= 15 is 0 Å². The molecule has 0 radical (unpaired) electrons. The van der Waals surface area contributed by atoms with Gasteiger partial charge in [-0.05, 0) is 12.1 Å². The smallest absolute Gasteiger partial charge is 0.329 e. The minimum Gasteiger partial charge on any atom is -0.497 e. The normalized spacial score (nSPS) is 10.5. The lowest BCUT2D eigenvalue weighted by Crippen LogP contribution is -2.37. The molecule has 1 aromatic carbocycles. The molecule has 0 saturated carbocycles. The van der Waals surface area contributed by atoms with Crippen LogP contribution in [0.25, 0.3) is 0 Å². The fourth-order valence-corrected chi connectivity index (χ4v) is 1.98. The summed E-state index contributed by atoms with van der Waals surface area (Å²) in [7, 11) is 2.94. The Kier molecular flexibility index (Phi) is 4.32. The predicted molar refractivity (Wildman–Crippen MR) is 74.9 cm³/mol. The number of methoxy groups -OCH3 is 2. The standard InChI is InChI=1S/C13H12ClFN2O4/c1-20-8-4-3-7(9(5-8)21-2)6-17-12(18)10(15)11(14)16-13(17)19/h3-5H,6H2,1-2H3,(H,16,19). The highest BCUT2D eigenvalue weighted by molar-refractivity contribution is 6.29. The molecule has 8 heteroatoms. The van der Waals surface area contributed by atoms with E-state index < -0.39 is 22.2 Å². The van der Waals surface area contributed by atoms with Crippen molar-refractivity contribution in [1.29, 1.82) is 0 Å². The fourth-order valence-electron chi connectivity index (χ4n) is 1.82. The number of ether oxygens (including phenoxy) is 2. The molecule has 0 aliphatic carbocycles. The van der Waals surface area contributed by atoms with Crippen LogP contribution in [-0.4, -0.2) is 23.8 Å². The van der Waals surface area contributed by atoms with Crippen LogP contribution in [0.2, 0.25) is 5.15 Å². The highest BCUT2D eigenvalue weighted by Gasteiger charge is 2.14. The van der Waals surface area contributed by atoms with E-state index in [4.69, 9.17) is 21.1 Å². The molecule has 112 valence electrons. The van der Waals surface area contributed by atoms with Crippen LogP contribution < -0.4 is 20.7 Å². The topological polar surface area (TPSA) is 73.3 Å². The second kappa shape index (κ2) is 6.01. The average molecular weight is 315 g/mol. The molecule has 6 nitrogen and oxygen atoms in total. The van der Waals surface area contributed by atoms with Gasteiger partial charge in [-0.3, -0.25) is 14.3 Å². The second-order valence-electron chi connectivity index (χ2n) is 4.13. The van der Waals surface area contributed by atoms with Gasteiger partial charge in [-0.2, -0.15) is 4.39 Å². The molecule has 0 bridgehead atoms. The lowest BCUT2D eigenvalue weighted by Gasteiger charge is -2.11. The Labute approximate surface area is 123 Å². The summed E-state index contributed by atoms with van der Waals surface area (Å²) in [5.74, 6) is -0.237. The highest BCUT2D eigenvalue weighted by Crippen LogP contribution is 2.24. The van der Waals surface area contributed by atoms with Crippen molar-refractivity contribution in [2.24, 2.45) is 0 Å². The van der Waals surface area contributed by atoms with Gasteiger partial charge in [0.25, 0.3) is 5.56 Å². The van der Waals surface area contributed by atoms with Crippen LogP contribution >= 0.6 is 11.6 Å². The Morgan fingerprint density at radius 2 is 2.00 bits per heavy atom. The summed E-state index contributed by atoms with van der Waals surface area (Å²) in [6.07, 6.45) is 0. The monoisotopic (exact) mass is 314 g/mol. The number of aromatic nitrogens is 2. The minimum atomic E-state index is -1.20. The third-order valence-electron chi connectivity index (χ3n) is 2.91. The van der Waals surface area contributed by atoms with E-state index in [1.807, 2.05) is 0 Å². The van der Waals surface area contributed by atoms with Gasteiger partial charge in [-0.15, -0.1) is 0 Å². The summed E-state index contributed by atoms with van der Waals surface area (Å²) in [5.41, 5.74) is -1.38. The summed E-state index contributed by atoms with van der Waals surface area (Å²) in [5, 5.41) is -0.608. The number of hydrogen-bond acceptors (Lipinski definition) is 4. The van der Waals surface area contributed by atoms with Gasteiger partial charge in [0, 0.05) is 11.6 Å². The zero-order valence-corrected chi connectivity index (χ0v) is 12.0. The van der Waals surface area contributed by atoms with Gasteiger partial charge in [0.2, 0.25) is 5.82 Å². The first-order valence-electron chi connectivity index (χ1n) is 5.87. The quantitative estimate of drug-likeness (QED) is 0.866. The summed E-state index contributed by atoms with van der Waals surface area (Å²) in [6, 6.07) is 4.86. The summed E-state index contributed by atoms with van der Waals surface area (Å²) in [4.78, 5) is 25.5. The zero-order valence-electron chi connectivity index (χ0n) is 11.3. The Morgan fingerprint density at radius 1 is 1.29 bits per heavy atom. The molecule has 0 amide bonds. The second-order valence-corrected chi connectivity index (χ2v) is 4.51. The fraction of sp³-hybridized carbons (Fsp3) is 0.231. The third-order valence-corrected chi connectivity index (χ3v) is 3.17. The van der Waals surface area contributed by atoms with Crippen molar-refractivity contribution in [2.75, 3.05) is 14.2 Å². The number of aromatic amines is 1. The Balaban J connectivity index is 2.51. The molecule has 0 unspecified atom stereocenters. The van der Waals surface area contributed by atoms with Crippen LogP contribution in [0.1, 0.15) is 5.56 Å². The molecular weight excluding hydrogens is 303 g/mol. The molecule has 1 N–H and O–H groups in total. The third kappa shape index (κ3) is 2.92. The van der Waals surface area contributed by atoms with Crippen molar-refractivity contribution < 1.29 is 13.9 Å². The first-order valence-corrected chi connectivity index (χ1v) is 6.24. The van der Waals surface area contributed by atoms with Crippen LogP contribution in [0, 0.1) is 5.82 Å². The molecule has 21 heavy (non-hydrogen) atoms. The molecule has 1 heterocycles. The Morgan fingerprint density at radius 3 is 2.62 bits per heavy atom. The largest absolute Gasteiger partial charge is 0.497 e. The highest BCUT2D eigenvalue weighted by atomic mass is 35.5. The number of benzene rings is 1. The number of halogens is 2. The zero-order chi connectivity index (χ0) is 15.6. The van der Waals surface area contributed by atoms with Crippen LogP contribution in [0.15, 0.2) is 27.8 Å². The molecular formula is C13H12ClFN2O4. The van der Waals surface area contributed by atoms with E-state index in [1.54, 1.807) is 18.2 Å². The first kappa shape index (κ1) is 15.1. The lowest BCUT2D eigenvalue weighted by molar-refractivity contribution is 0.389. The Hall–Kier alpha value is -2.28. The molecule has 2 aromatic rings. The predicted octanol–water partition coefficient (Wildman–Crippen LogP) is 1.39. The van der Waals surface area contributed by atoms with Crippen molar-refractivity contribution in [3.8, 4) is 11.5 Å². The number of nitrogens with one attached hydrogen (secondary N) is 1. The minimum absolute atomic E-state index is 0.157. The molecule has 2 rings (SSSR count). The number of H-pyrrole nitrogens is 1. The number of rotatable bonds is 4. The lowest BCUT2D eigenvalue weighted by atomic mass is 10.2. The molecule has 0 fully saturated rings. The average Bonchev–Trinajstić information content (AvgIpc) is 2.49. The van der Waals surface area contributed by atoms with Gasteiger partial charge in [0.15, 0.2) is 5.15 Å². The van der Waals surface area contributed by atoms with Gasteiger partial charge < -0.3 is 9.47 Å². The summed E-state index contributed by atoms with van der Waals surface area (Å²) in [6.45, 7) is -0.157. The van der Waals surface area contributed by atoms with Gasteiger partial charge in [0.05, 0.1) is 20.8 Å². The molecule has 0 saturated heterocycles. The van der Waals surface area contributed by atoms with Gasteiger partial charge >= 0.3 is 5.69 Å². The van der Waals surface area contributed by atoms with Crippen molar-refractivity contribution in [2.45, 2.75) is 6.54 Å². The van der Waals surface area contributed by atoms with Crippen LogP contribution in [0.4, 0.5) is 4.39 Å². The van der Waals surface area contributed by atoms with E-state index in [0.29, 0.717) is 21.6 Å². The van der Waals surface area contributed by atoms with Crippen LogP contribution in [0.5, 0.6) is 11.5 Å². The van der Waals surface area contributed by atoms with E-state index in [1.165, 1.54) is 14.2 Å². The van der Waals surface area contributed by atoms with Crippen molar-refractivity contribution in [1.82, 2.24) is 9.55 Å². The van der Waals surface area contributed by atoms with E-state index in [9.17, 15) is 14.0 Å². The Bertz CT molecular complexity index is 785. The van der Waals surface area contributed by atoms with Crippen molar-refractivity contribution in [3.63, 3.8) is 0 Å². The summed E-state index contributed by atoms with van der Waals surface area (Å²) >= 11 is 5.41. The van der Waals surface area contributed by atoms with E-state index in [0.717, 1.165) is 0 Å². The maximum absolute atomic E-state index is 13.5. The maximum atomic E-state index is 13.5. The molecule has 0 atom stereocenters. The number of hydrogen-bond donors (Lipinski definition) is 1. The summed E-state index contributed by atoms with van der Waals surface area (Å²) < 4.78 is 24.4. The van der Waals surface area contributed by atoms with E-state index in [2.05, 4.69) is 4.98 Å². The molecule has 0 spiro atoms. The molecule has 1 aromatic heterocycles. The van der Waals surface area contributed by atoms with Gasteiger partial charge in [-0.25, -0.2) is 4.79 Å². The SMILES string of the molecule is COc1ccc(Cn2c(=O)[nH]c(Cl)c(F)c2=O)c(OC)c1.